The van der Waals surface area contributed by atoms with E-state index in [-0.39, 0.29) is 22.9 Å². The van der Waals surface area contributed by atoms with Gasteiger partial charge in [0.05, 0.1) is 0 Å². The van der Waals surface area contributed by atoms with Crippen LogP contribution in [0.2, 0.25) is 5.15 Å². The molecule has 0 fully saturated rings. The molecule has 2 aromatic rings. The lowest BCUT2D eigenvalue weighted by atomic mass is 9.87. The van der Waals surface area contributed by atoms with Crippen LogP contribution in [0.15, 0.2) is 36.4 Å². The lowest BCUT2D eigenvalue weighted by Gasteiger charge is -2.32. The second kappa shape index (κ2) is 5.97. The van der Waals surface area contributed by atoms with Crippen molar-refractivity contribution < 1.29 is 4.79 Å². The van der Waals surface area contributed by atoms with Gasteiger partial charge in [-0.05, 0) is 42.5 Å². The largest absolute Gasteiger partial charge is 0.384 e. The van der Waals surface area contributed by atoms with Crippen molar-refractivity contribution in [2.24, 2.45) is 0 Å². The van der Waals surface area contributed by atoms with E-state index in [0.717, 1.165) is 19.3 Å². The average Bonchev–Trinajstić information content (AvgIpc) is 2.52. The molecule has 1 aromatic carbocycles. The zero-order valence-corrected chi connectivity index (χ0v) is 13.2. The van der Waals surface area contributed by atoms with Crippen LogP contribution in [0, 0.1) is 0 Å². The Hall–Kier alpha value is -2.07. The number of carbonyl (C=O) groups excluding carboxylic acids is 1. The normalized spacial score (nSPS) is 16.9. The summed E-state index contributed by atoms with van der Waals surface area (Å²) in [5.74, 6) is 0.193. The van der Waals surface area contributed by atoms with E-state index in [1.807, 2.05) is 13.1 Å². The minimum atomic E-state index is -0.0691. The van der Waals surface area contributed by atoms with Crippen LogP contribution in [0.1, 0.15) is 27.9 Å². The number of anilines is 1. The Bertz CT molecular complexity index is 697. The first-order valence-electron chi connectivity index (χ1n) is 7.31. The highest BCUT2D eigenvalue weighted by atomic mass is 35.5. The van der Waals surface area contributed by atoms with Gasteiger partial charge in [0.2, 0.25) is 0 Å². The Balaban J connectivity index is 1.79. The van der Waals surface area contributed by atoms with Crippen molar-refractivity contribution in [3.8, 4) is 0 Å². The number of nitrogen functional groups attached to an aromatic ring is 1. The summed E-state index contributed by atoms with van der Waals surface area (Å²) in [6, 6.07) is 11.7. The number of nitrogens with two attached hydrogens (primary N) is 1. The van der Waals surface area contributed by atoms with Crippen LogP contribution in [0.4, 0.5) is 5.82 Å². The highest BCUT2D eigenvalue weighted by Crippen LogP contribution is 2.25. The number of hydrogen-bond acceptors (Lipinski definition) is 3. The first-order chi connectivity index (χ1) is 10.5. The zero-order valence-electron chi connectivity index (χ0n) is 12.4. The third-order valence-corrected chi connectivity index (χ3v) is 4.44. The van der Waals surface area contributed by atoms with Gasteiger partial charge in [0.25, 0.3) is 5.91 Å². The minimum Gasteiger partial charge on any atom is -0.384 e. The maximum atomic E-state index is 12.6. The number of rotatable bonds is 2. The molecule has 1 atom stereocenters. The fraction of sp³-hybridized carbons (Fsp3) is 0.294. The van der Waals surface area contributed by atoms with Crippen molar-refractivity contribution in [2.75, 3.05) is 12.8 Å². The highest BCUT2D eigenvalue weighted by molar-refractivity contribution is 6.29. The smallest absolute Gasteiger partial charge is 0.254 e. The molecule has 4 nitrogen and oxygen atoms in total. The van der Waals surface area contributed by atoms with Crippen LogP contribution in [-0.2, 0) is 12.8 Å². The Morgan fingerprint density at radius 1 is 1.32 bits per heavy atom. The van der Waals surface area contributed by atoms with Gasteiger partial charge < -0.3 is 10.6 Å². The van der Waals surface area contributed by atoms with E-state index in [2.05, 4.69) is 23.2 Å². The number of pyridine rings is 1. The van der Waals surface area contributed by atoms with Crippen molar-refractivity contribution in [3.05, 3.63) is 58.2 Å². The third kappa shape index (κ3) is 2.92. The van der Waals surface area contributed by atoms with Crippen molar-refractivity contribution in [1.82, 2.24) is 9.88 Å². The lowest BCUT2D eigenvalue weighted by molar-refractivity contribution is 0.0719. The molecule has 1 heterocycles. The van der Waals surface area contributed by atoms with Crippen LogP contribution in [0.25, 0.3) is 0 Å². The first-order valence-corrected chi connectivity index (χ1v) is 7.69. The SMILES string of the molecule is CN(C(=O)c1cc(N)nc(Cl)c1)C1CCc2ccccc2C1. The molecule has 0 spiro atoms. The lowest BCUT2D eigenvalue weighted by Crippen LogP contribution is -2.40. The van der Waals surface area contributed by atoms with Crippen molar-refractivity contribution in [3.63, 3.8) is 0 Å². The Kier molecular flexibility index (Phi) is 4.03. The number of benzene rings is 1. The number of halogens is 1. The van der Waals surface area contributed by atoms with Gasteiger partial charge in [-0.15, -0.1) is 0 Å². The van der Waals surface area contributed by atoms with Crippen LogP contribution in [0.3, 0.4) is 0 Å². The topological polar surface area (TPSA) is 59.2 Å². The Morgan fingerprint density at radius 2 is 2.05 bits per heavy atom. The zero-order chi connectivity index (χ0) is 15.7. The number of fused-ring (bicyclic) bond motifs is 1. The van der Waals surface area contributed by atoms with E-state index < -0.39 is 0 Å². The van der Waals surface area contributed by atoms with Gasteiger partial charge in [-0.2, -0.15) is 0 Å². The second-order valence-corrected chi connectivity index (χ2v) is 6.07. The summed E-state index contributed by atoms with van der Waals surface area (Å²) in [5, 5.41) is 0.241. The summed E-state index contributed by atoms with van der Waals surface area (Å²) in [5.41, 5.74) is 8.87. The number of carbonyl (C=O) groups is 1. The molecule has 3 rings (SSSR count). The second-order valence-electron chi connectivity index (χ2n) is 5.68. The number of amides is 1. The van der Waals surface area contributed by atoms with Gasteiger partial charge in [-0.25, -0.2) is 4.98 Å². The molecule has 114 valence electrons. The summed E-state index contributed by atoms with van der Waals surface area (Å²) in [6.45, 7) is 0. The highest BCUT2D eigenvalue weighted by Gasteiger charge is 2.25. The van der Waals surface area contributed by atoms with Gasteiger partial charge >= 0.3 is 0 Å². The molecular weight excluding hydrogens is 298 g/mol. The number of nitrogens with zero attached hydrogens (tertiary/aromatic N) is 2. The molecule has 0 aliphatic heterocycles. The van der Waals surface area contributed by atoms with Gasteiger partial charge in [0.1, 0.15) is 11.0 Å². The molecule has 1 amide bonds. The molecule has 2 N–H and O–H groups in total. The maximum absolute atomic E-state index is 12.6. The number of hydrogen-bond donors (Lipinski definition) is 1. The third-order valence-electron chi connectivity index (χ3n) is 4.25. The van der Waals surface area contributed by atoms with E-state index in [1.54, 1.807) is 17.0 Å². The van der Waals surface area contributed by atoms with Crippen molar-refractivity contribution in [2.45, 2.75) is 25.3 Å². The van der Waals surface area contributed by atoms with Crippen LogP contribution in [0.5, 0.6) is 0 Å². The van der Waals surface area contributed by atoms with Crippen molar-refractivity contribution in [1.29, 1.82) is 0 Å². The van der Waals surface area contributed by atoms with E-state index in [0.29, 0.717) is 5.56 Å². The summed E-state index contributed by atoms with van der Waals surface area (Å²) in [6.07, 6.45) is 2.85. The molecule has 1 aromatic heterocycles. The fourth-order valence-electron chi connectivity index (χ4n) is 3.02. The van der Waals surface area contributed by atoms with Crippen LogP contribution < -0.4 is 5.73 Å². The molecular formula is C17H18ClN3O. The molecule has 1 aliphatic rings. The minimum absolute atomic E-state index is 0.0691. The predicted octanol–water partition coefficient (Wildman–Crippen LogP) is 2.95. The molecule has 0 saturated carbocycles. The van der Waals surface area contributed by atoms with E-state index in [9.17, 15) is 4.79 Å². The molecule has 1 aliphatic carbocycles. The number of aromatic nitrogens is 1. The molecule has 22 heavy (non-hydrogen) atoms. The number of likely N-dealkylation sites (N-methyl/N-ethyl adjacent to an activating group) is 1. The van der Waals surface area contributed by atoms with Crippen LogP contribution >= 0.6 is 11.6 Å². The summed E-state index contributed by atoms with van der Waals surface area (Å²) in [7, 11) is 1.84. The van der Waals surface area contributed by atoms with E-state index in [1.165, 1.54) is 11.1 Å². The van der Waals surface area contributed by atoms with Crippen molar-refractivity contribution >= 4 is 23.3 Å². The number of aryl methyl sites for hydroxylation is 1. The molecule has 0 saturated heterocycles. The van der Waals surface area contributed by atoms with Gasteiger partial charge in [0, 0.05) is 18.7 Å². The quantitative estimate of drug-likeness (QED) is 0.867. The van der Waals surface area contributed by atoms with Gasteiger partial charge in [-0.3, -0.25) is 4.79 Å². The average molecular weight is 316 g/mol. The standard InChI is InChI=1S/C17H18ClN3O/c1-21(17(22)13-9-15(18)20-16(19)10-13)14-7-6-11-4-2-3-5-12(11)8-14/h2-5,9-10,14H,6-8H2,1H3,(H2,19,20). The first kappa shape index (κ1) is 14.9. The summed E-state index contributed by atoms with van der Waals surface area (Å²) >= 11 is 5.89. The maximum Gasteiger partial charge on any atom is 0.254 e. The summed E-state index contributed by atoms with van der Waals surface area (Å²) < 4.78 is 0. The van der Waals surface area contributed by atoms with Gasteiger partial charge in [-0.1, -0.05) is 35.9 Å². The Labute approximate surface area is 134 Å². The predicted molar refractivity (Wildman–Crippen MR) is 88.0 cm³/mol. The molecule has 1 unspecified atom stereocenters. The Morgan fingerprint density at radius 3 is 2.77 bits per heavy atom. The fourth-order valence-corrected chi connectivity index (χ4v) is 3.23. The molecule has 5 heteroatoms. The van der Waals surface area contributed by atoms with Gasteiger partial charge in [0.15, 0.2) is 0 Å². The monoisotopic (exact) mass is 315 g/mol. The molecule has 0 bridgehead atoms. The van der Waals surface area contributed by atoms with E-state index >= 15 is 0 Å². The summed E-state index contributed by atoms with van der Waals surface area (Å²) in [4.78, 5) is 18.3. The van der Waals surface area contributed by atoms with E-state index in [4.69, 9.17) is 17.3 Å². The van der Waals surface area contributed by atoms with Crippen LogP contribution in [-0.4, -0.2) is 28.9 Å². The molecule has 0 radical (unpaired) electrons.